The van der Waals surface area contributed by atoms with Crippen LogP contribution in [0.1, 0.15) is 46.3 Å². The van der Waals surface area contributed by atoms with Crippen LogP contribution in [-0.2, 0) is 19.1 Å². The highest BCUT2D eigenvalue weighted by atomic mass is 16.6. The highest BCUT2D eigenvalue weighted by Crippen LogP contribution is 2.56. The van der Waals surface area contributed by atoms with Gasteiger partial charge in [0.1, 0.15) is 0 Å². The lowest BCUT2D eigenvalue weighted by Gasteiger charge is -2.55. The molecule has 5 atom stereocenters. The summed E-state index contributed by atoms with van der Waals surface area (Å²) in [4.78, 5) is 22.8. The summed E-state index contributed by atoms with van der Waals surface area (Å²) in [6, 6.07) is 5.54. The summed E-state index contributed by atoms with van der Waals surface area (Å²) >= 11 is 0. The molecule has 0 unspecified atom stereocenters. The maximum absolute atomic E-state index is 11.5. The monoisotopic (exact) mass is 402 g/mol. The van der Waals surface area contributed by atoms with Gasteiger partial charge in [-0.2, -0.15) is 0 Å². The van der Waals surface area contributed by atoms with E-state index in [1.165, 1.54) is 19.4 Å². The van der Waals surface area contributed by atoms with Crippen molar-refractivity contribution in [3.8, 4) is 11.5 Å². The van der Waals surface area contributed by atoms with Gasteiger partial charge in [-0.3, -0.25) is 9.59 Å². The molecule has 1 aliphatic carbocycles. The average Bonchev–Trinajstić information content (AvgIpc) is 2.65. The summed E-state index contributed by atoms with van der Waals surface area (Å²) < 4.78 is 22.5. The van der Waals surface area contributed by atoms with Crippen molar-refractivity contribution in [2.45, 2.75) is 40.7 Å². The maximum atomic E-state index is 11.5. The molecule has 0 N–H and O–H groups in total. The summed E-state index contributed by atoms with van der Waals surface area (Å²) in [7, 11) is 1.55. The topological polar surface area (TPSA) is 71.1 Å². The third-order valence-corrected chi connectivity index (χ3v) is 6.56. The van der Waals surface area contributed by atoms with Gasteiger partial charge in [0.2, 0.25) is 0 Å². The molecule has 158 valence electrons. The van der Waals surface area contributed by atoms with Crippen molar-refractivity contribution >= 4 is 11.9 Å². The van der Waals surface area contributed by atoms with Gasteiger partial charge in [-0.05, 0) is 36.5 Å². The number of methoxy groups -OCH3 is 1. The van der Waals surface area contributed by atoms with Crippen LogP contribution in [0.3, 0.4) is 0 Å². The second kappa shape index (κ2) is 8.19. The third kappa shape index (κ3) is 3.90. The van der Waals surface area contributed by atoms with E-state index in [0.717, 1.165) is 5.56 Å². The van der Waals surface area contributed by atoms with Crippen LogP contribution in [0.5, 0.6) is 11.5 Å². The fourth-order valence-electron chi connectivity index (χ4n) is 4.89. The van der Waals surface area contributed by atoms with E-state index in [2.05, 4.69) is 26.8 Å². The van der Waals surface area contributed by atoms with Gasteiger partial charge in [0.15, 0.2) is 11.5 Å². The molecule has 0 amide bonds. The van der Waals surface area contributed by atoms with Gasteiger partial charge in [-0.25, -0.2) is 0 Å². The van der Waals surface area contributed by atoms with Crippen molar-refractivity contribution in [1.82, 2.24) is 0 Å². The van der Waals surface area contributed by atoms with Crippen LogP contribution in [0, 0.1) is 23.2 Å². The highest BCUT2D eigenvalue weighted by Gasteiger charge is 2.54. The van der Waals surface area contributed by atoms with Crippen LogP contribution in [0.2, 0.25) is 0 Å². The van der Waals surface area contributed by atoms with E-state index in [9.17, 15) is 9.59 Å². The Morgan fingerprint density at radius 2 is 1.90 bits per heavy atom. The van der Waals surface area contributed by atoms with Crippen molar-refractivity contribution in [3.63, 3.8) is 0 Å². The number of carbonyl (C=O) groups excluding carboxylic acids is 2. The maximum Gasteiger partial charge on any atom is 0.308 e. The first-order chi connectivity index (χ1) is 13.7. The minimum Gasteiger partial charge on any atom is -0.493 e. The number of esters is 2. The summed E-state index contributed by atoms with van der Waals surface area (Å²) in [6.45, 7) is 10.2. The molecule has 1 heterocycles. The van der Waals surface area contributed by atoms with Crippen molar-refractivity contribution in [2.75, 3.05) is 20.3 Å². The van der Waals surface area contributed by atoms with Gasteiger partial charge >= 0.3 is 11.9 Å². The second-order valence-corrected chi connectivity index (χ2v) is 8.26. The smallest absolute Gasteiger partial charge is 0.308 e. The first-order valence-electron chi connectivity index (χ1n) is 9.99. The van der Waals surface area contributed by atoms with Crippen LogP contribution >= 0.6 is 0 Å². The Bertz CT molecular complexity index is 829. The van der Waals surface area contributed by atoms with Gasteiger partial charge < -0.3 is 18.9 Å². The molecule has 29 heavy (non-hydrogen) atoms. The van der Waals surface area contributed by atoms with Gasteiger partial charge in [-0.15, -0.1) is 0 Å². The Morgan fingerprint density at radius 1 is 1.17 bits per heavy atom. The molecule has 0 spiro atoms. The Morgan fingerprint density at radius 3 is 2.52 bits per heavy atom. The normalized spacial score (nSPS) is 30.9. The zero-order chi connectivity index (χ0) is 21.3. The SMILES string of the molecule is COc1cc([C@@H]2OC[C@@]3(COC(C)=O)[C@H](C)[C@@H]2C(C)=C[C@@H]3C)ccc1OC(C)=O. The van der Waals surface area contributed by atoms with Crippen molar-refractivity contribution in [2.24, 2.45) is 23.2 Å². The van der Waals surface area contributed by atoms with Crippen molar-refractivity contribution < 1.29 is 28.5 Å². The lowest BCUT2D eigenvalue weighted by molar-refractivity contribution is -0.180. The number of rotatable bonds is 5. The van der Waals surface area contributed by atoms with Crippen LogP contribution in [0.4, 0.5) is 0 Å². The first-order valence-corrected chi connectivity index (χ1v) is 9.99. The minimum absolute atomic E-state index is 0.153. The molecule has 2 bridgehead atoms. The molecule has 1 saturated heterocycles. The molecule has 2 aliphatic rings. The molecule has 6 heteroatoms. The molecule has 1 aliphatic heterocycles. The number of hydrogen-bond donors (Lipinski definition) is 0. The zero-order valence-electron chi connectivity index (χ0n) is 18.0. The van der Waals surface area contributed by atoms with E-state index in [-0.39, 0.29) is 35.2 Å². The van der Waals surface area contributed by atoms with E-state index in [0.29, 0.717) is 24.7 Å². The Hall–Kier alpha value is -2.34. The Kier molecular flexibility index (Phi) is 6.03. The Labute approximate surface area is 172 Å². The number of hydrogen-bond acceptors (Lipinski definition) is 6. The first kappa shape index (κ1) is 21.4. The van der Waals surface area contributed by atoms with Gasteiger partial charge in [0.05, 0.1) is 26.4 Å². The fourth-order valence-corrected chi connectivity index (χ4v) is 4.89. The molecule has 0 radical (unpaired) electrons. The van der Waals surface area contributed by atoms with E-state index in [1.54, 1.807) is 13.2 Å². The van der Waals surface area contributed by atoms with E-state index >= 15 is 0 Å². The van der Waals surface area contributed by atoms with Crippen molar-refractivity contribution in [1.29, 1.82) is 0 Å². The van der Waals surface area contributed by atoms with Gasteiger partial charge in [0.25, 0.3) is 0 Å². The molecule has 0 aromatic heterocycles. The molecule has 1 aromatic carbocycles. The van der Waals surface area contributed by atoms with Crippen molar-refractivity contribution in [3.05, 3.63) is 35.4 Å². The third-order valence-electron chi connectivity index (χ3n) is 6.56. The number of allylic oxidation sites excluding steroid dienone is 1. The molecule has 1 fully saturated rings. The summed E-state index contributed by atoms with van der Waals surface area (Å²) in [5, 5.41) is 0. The predicted octanol–water partition coefficient (Wildman–Crippen LogP) is 4.09. The summed E-state index contributed by atoms with van der Waals surface area (Å²) in [5.41, 5.74) is 2.00. The second-order valence-electron chi connectivity index (χ2n) is 8.26. The number of ether oxygens (including phenoxy) is 4. The fraction of sp³-hybridized carbons (Fsp3) is 0.565. The van der Waals surface area contributed by atoms with E-state index in [4.69, 9.17) is 18.9 Å². The predicted molar refractivity (Wildman–Crippen MR) is 108 cm³/mol. The number of fused-ring (bicyclic) bond motifs is 2. The van der Waals surface area contributed by atoms with Gasteiger partial charge in [0, 0.05) is 25.2 Å². The zero-order valence-corrected chi connectivity index (χ0v) is 18.0. The molecule has 0 saturated carbocycles. The molecule has 6 nitrogen and oxygen atoms in total. The van der Waals surface area contributed by atoms with E-state index < -0.39 is 5.97 Å². The summed E-state index contributed by atoms with van der Waals surface area (Å²) in [5.74, 6) is 0.885. The summed E-state index contributed by atoms with van der Waals surface area (Å²) in [6.07, 6.45) is 2.13. The average molecular weight is 402 g/mol. The van der Waals surface area contributed by atoms with E-state index in [1.807, 2.05) is 12.1 Å². The van der Waals surface area contributed by atoms with Crippen LogP contribution in [-0.4, -0.2) is 32.3 Å². The highest BCUT2D eigenvalue weighted by molar-refractivity contribution is 5.70. The standard InChI is InChI=1S/C23H30O6/c1-13-9-14(2)23(11-27-16(4)24)12-28-22(21(13)15(23)3)18-7-8-19(29-17(5)25)20(10-18)26-6/h7-10,14-15,21-22H,11-12H2,1-6H3/t14-,15+,21-,22-,23+/m0/s1. The van der Waals surface area contributed by atoms with Crippen LogP contribution in [0.15, 0.2) is 29.8 Å². The van der Waals surface area contributed by atoms with Crippen LogP contribution < -0.4 is 9.47 Å². The lowest BCUT2D eigenvalue weighted by atomic mass is 9.56. The quantitative estimate of drug-likeness (QED) is 0.420. The van der Waals surface area contributed by atoms with Crippen LogP contribution in [0.25, 0.3) is 0 Å². The molecule has 3 rings (SSSR count). The lowest BCUT2D eigenvalue weighted by Crippen LogP contribution is -2.54. The number of benzene rings is 1. The van der Waals surface area contributed by atoms with Gasteiger partial charge in [-0.1, -0.05) is 31.6 Å². The Balaban J connectivity index is 1.95. The number of carbonyl (C=O) groups is 2. The molecule has 1 aromatic rings. The largest absolute Gasteiger partial charge is 0.493 e. The minimum atomic E-state index is -0.395. The molecular weight excluding hydrogens is 372 g/mol. The molecular formula is C23H30O6.